The summed E-state index contributed by atoms with van der Waals surface area (Å²) in [6.45, 7) is 0. The largest absolute Gasteiger partial charge is 0.455 e. The third-order valence-electron chi connectivity index (χ3n) is 10.7. The van der Waals surface area contributed by atoms with Crippen molar-refractivity contribution in [3.05, 3.63) is 180 Å². The molecule has 0 bridgehead atoms. The highest BCUT2D eigenvalue weighted by molar-refractivity contribution is 6.09. The summed E-state index contributed by atoms with van der Waals surface area (Å²) in [6.07, 6.45) is 0. The first-order valence-corrected chi connectivity index (χ1v) is 16.0. The smallest absolute Gasteiger partial charge is 0.143 e. The number of para-hydroxylation sites is 1. The molecular weight excluding hydrogens is 556 g/mol. The van der Waals surface area contributed by atoms with Gasteiger partial charge in [-0.3, -0.25) is 0 Å². The van der Waals surface area contributed by atoms with Gasteiger partial charge in [-0.05, 0) is 90.0 Å². The van der Waals surface area contributed by atoms with Crippen molar-refractivity contribution in [3.8, 4) is 56.0 Å². The summed E-state index contributed by atoms with van der Waals surface area (Å²) in [5.41, 5.74) is 15.0. The van der Waals surface area contributed by atoms with Crippen molar-refractivity contribution in [2.45, 2.75) is 5.41 Å². The molecular formula is C45H26O. The zero-order valence-electron chi connectivity index (χ0n) is 24.9. The fourth-order valence-corrected chi connectivity index (χ4v) is 8.87. The Balaban J connectivity index is 1.25. The van der Waals surface area contributed by atoms with Crippen molar-refractivity contribution in [2.75, 3.05) is 0 Å². The maximum atomic E-state index is 6.80. The lowest BCUT2D eigenvalue weighted by molar-refractivity contribution is 0.489. The normalized spacial score (nSPS) is 14.0. The molecule has 1 spiro atoms. The molecule has 8 aromatic carbocycles. The van der Waals surface area contributed by atoms with Crippen LogP contribution in [0.1, 0.15) is 22.3 Å². The van der Waals surface area contributed by atoms with Gasteiger partial charge in [0.2, 0.25) is 0 Å². The molecule has 0 N–H and O–H groups in total. The summed E-state index contributed by atoms with van der Waals surface area (Å²) in [5, 5.41) is 4.95. The molecule has 0 radical (unpaired) electrons. The fourth-order valence-electron chi connectivity index (χ4n) is 8.87. The van der Waals surface area contributed by atoms with Crippen LogP contribution in [0.3, 0.4) is 0 Å². The summed E-state index contributed by atoms with van der Waals surface area (Å²) in [6, 6.07) is 58.2. The standard InChI is InChI=1S/C45H26O/c1-2-12-30-27(10-1)22-25-39-43(30)36-24-21-29(26-40(36)45(39)37-17-6-3-13-32(37)33-14-4-7-18-38(33)45)31-23-20-28-11-9-16-35-34-15-5-8-19-41(34)46-44(31)42(28)35/h1-26H. The minimum absolute atomic E-state index is 0.412. The Kier molecular flexibility index (Phi) is 4.57. The molecule has 8 aromatic rings. The molecule has 0 saturated carbocycles. The van der Waals surface area contributed by atoms with Crippen LogP contribution in [0.2, 0.25) is 0 Å². The van der Waals surface area contributed by atoms with E-state index >= 15 is 0 Å². The molecule has 0 saturated heterocycles. The van der Waals surface area contributed by atoms with Gasteiger partial charge in [-0.25, -0.2) is 0 Å². The molecule has 0 amide bonds. The highest BCUT2D eigenvalue weighted by Gasteiger charge is 2.52. The molecule has 1 nitrogen and oxygen atoms in total. The van der Waals surface area contributed by atoms with Gasteiger partial charge in [-0.15, -0.1) is 0 Å². The molecule has 3 aliphatic rings. The van der Waals surface area contributed by atoms with Crippen LogP contribution in [0, 0.1) is 0 Å². The lowest BCUT2D eigenvalue weighted by Crippen LogP contribution is -2.25. The number of ether oxygens (including phenoxy) is 1. The van der Waals surface area contributed by atoms with Gasteiger partial charge in [-0.2, -0.15) is 0 Å². The van der Waals surface area contributed by atoms with E-state index in [-0.39, 0.29) is 0 Å². The van der Waals surface area contributed by atoms with E-state index in [0.717, 1.165) is 22.6 Å². The molecule has 0 atom stereocenters. The van der Waals surface area contributed by atoms with Crippen LogP contribution >= 0.6 is 0 Å². The second-order valence-electron chi connectivity index (χ2n) is 12.8. The lowest BCUT2D eigenvalue weighted by Gasteiger charge is -2.31. The third kappa shape index (κ3) is 2.87. The van der Waals surface area contributed by atoms with Crippen LogP contribution < -0.4 is 4.74 Å². The Labute approximate surface area is 267 Å². The van der Waals surface area contributed by atoms with Gasteiger partial charge >= 0.3 is 0 Å². The van der Waals surface area contributed by atoms with Gasteiger partial charge in [0.05, 0.1) is 5.41 Å². The first-order valence-electron chi connectivity index (χ1n) is 16.0. The average Bonchev–Trinajstić information content (AvgIpc) is 3.59. The van der Waals surface area contributed by atoms with E-state index in [0.29, 0.717) is 0 Å². The van der Waals surface area contributed by atoms with E-state index in [9.17, 15) is 0 Å². The minimum Gasteiger partial charge on any atom is -0.455 e. The monoisotopic (exact) mass is 582 g/mol. The van der Waals surface area contributed by atoms with E-state index in [1.807, 2.05) is 0 Å². The van der Waals surface area contributed by atoms with Crippen LogP contribution in [0.25, 0.3) is 66.1 Å². The van der Waals surface area contributed by atoms with Crippen LogP contribution in [-0.2, 0) is 5.41 Å². The minimum atomic E-state index is -0.412. The molecule has 0 unspecified atom stereocenters. The molecule has 212 valence electrons. The quantitative estimate of drug-likeness (QED) is 0.187. The maximum Gasteiger partial charge on any atom is 0.143 e. The Morgan fingerprint density at radius 3 is 1.89 bits per heavy atom. The molecule has 1 aliphatic heterocycles. The third-order valence-corrected chi connectivity index (χ3v) is 10.7. The Hall–Kier alpha value is -5.92. The number of rotatable bonds is 1. The van der Waals surface area contributed by atoms with Crippen molar-refractivity contribution < 1.29 is 4.74 Å². The van der Waals surface area contributed by atoms with Crippen molar-refractivity contribution in [1.29, 1.82) is 0 Å². The summed E-state index contributed by atoms with van der Waals surface area (Å²) in [5.74, 6) is 1.85. The highest BCUT2D eigenvalue weighted by Crippen LogP contribution is 2.64. The van der Waals surface area contributed by atoms with Crippen LogP contribution in [0.4, 0.5) is 0 Å². The zero-order valence-corrected chi connectivity index (χ0v) is 24.9. The summed E-state index contributed by atoms with van der Waals surface area (Å²) in [7, 11) is 0. The van der Waals surface area contributed by atoms with Crippen LogP contribution in [0.15, 0.2) is 158 Å². The van der Waals surface area contributed by atoms with Crippen LogP contribution in [0.5, 0.6) is 11.5 Å². The Bertz CT molecular complexity index is 2580. The molecule has 1 heterocycles. The topological polar surface area (TPSA) is 9.23 Å². The molecule has 1 heteroatoms. The van der Waals surface area contributed by atoms with E-state index in [1.165, 1.54) is 77.2 Å². The second-order valence-corrected chi connectivity index (χ2v) is 12.8. The van der Waals surface area contributed by atoms with Crippen molar-refractivity contribution >= 4 is 21.5 Å². The van der Waals surface area contributed by atoms with E-state index in [4.69, 9.17) is 4.74 Å². The van der Waals surface area contributed by atoms with E-state index in [2.05, 4.69) is 158 Å². The maximum absolute atomic E-state index is 6.80. The number of benzene rings is 8. The number of hydrogen-bond donors (Lipinski definition) is 0. The number of hydrogen-bond acceptors (Lipinski definition) is 1. The predicted molar refractivity (Wildman–Crippen MR) is 189 cm³/mol. The van der Waals surface area contributed by atoms with Crippen molar-refractivity contribution in [3.63, 3.8) is 0 Å². The van der Waals surface area contributed by atoms with Gasteiger partial charge in [-0.1, -0.05) is 140 Å². The fraction of sp³-hybridized carbons (Fsp3) is 0.0222. The average molecular weight is 583 g/mol. The first kappa shape index (κ1) is 24.4. The summed E-state index contributed by atoms with van der Waals surface area (Å²) >= 11 is 0. The summed E-state index contributed by atoms with van der Waals surface area (Å²) in [4.78, 5) is 0. The van der Waals surface area contributed by atoms with E-state index in [1.54, 1.807) is 0 Å². The Morgan fingerprint density at radius 2 is 1.04 bits per heavy atom. The van der Waals surface area contributed by atoms with Gasteiger partial charge in [0, 0.05) is 16.5 Å². The molecule has 0 fully saturated rings. The zero-order chi connectivity index (χ0) is 30.0. The van der Waals surface area contributed by atoms with Gasteiger partial charge in [0.25, 0.3) is 0 Å². The Morgan fingerprint density at radius 1 is 0.391 bits per heavy atom. The van der Waals surface area contributed by atoms with Crippen LogP contribution in [-0.4, -0.2) is 0 Å². The summed E-state index contributed by atoms with van der Waals surface area (Å²) < 4.78 is 6.80. The SMILES string of the molecule is c1ccc2c(c1)Oc1c(-c3ccc4c(c3)C3(c5ccccc5-c5ccccc53)c3ccc5ccccc5c3-4)ccc3cccc-2c13. The lowest BCUT2D eigenvalue weighted by atomic mass is 9.70. The highest BCUT2D eigenvalue weighted by atomic mass is 16.5. The molecule has 46 heavy (non-hydrogen) atoms. The second kappa shape index (κ2) is 8.62. The van der Waals surface area contributed by atoms with Crippen molar-refractivity contribution in [1.82, 2.24) is 0 Å². The van der Waals surface area contributed by atoms with Gasteiger partial charge in [0.15, 0.2) is 0 Å². The molecule has 0 aromatic heterocycles. The van der Waals surface area contributed by atoms with Gasteiger partial charge < -0.3 is 4.74 Å². The molecule has 11 rings (SSSR count). The van der Waals surface area contributed by atoms with Crippen molar-refractivity contribution in [2.24, 2.45) is 0 Å². The van der Waals surface area contributed by atoms with Gasteiger partial charge in [0.1, 0.15) is 11.5 Å². The molecule has 2 aliphatic carbocycles. The predicted octanol–water partition coefficient (Wildman–Crippen LogP) is 11.8. The van der Waals surface area contributed by atoms with E-state index < -0.39 is 5.41 Å². The number of fused-ring (bicyclic) bond motifs is 14. The first-order chi connectivity index (χ1) is 22.8.